The van der Waals surface area contributed by atoms with Gasteiger partial charge in [0.2, 0.25) is 5.88 Å². The highest BCUT2D eigenvalue weighted by Crippen LogP contribution is 2.38. The average Bonchev–Trinajstić information content (AvgIpc) is 3.40. The summed E-state index contributed by atoms with van der Waals surface area (Å²) in [5.41, 5.74) is 0.476. The predicted octanol–water partition coefficient (Wildman–Crippen LogP) is 3.66. The molecule has 1 heterocycles. The lowest BCUT2D eigenvalue weighted by molar-refractivity contribution is -0.132. The molecule has 3 amide bonds. The zero-order chi connectivity index (χ0) is 18.7. The minimum atomic E-state index is -0.851. The van der Waals surface area contributed by atoms with Crippen LogP contribution in [-0.4, -0.2) is 29.6 Å². The van der Waals surface area contributed by atoms with Gasteiger partial charge in [-0.3, -0.25) is 10.1 Å². The Morgan fingerprint density at radius 1 is 1.23 bits per heavy atom. The van der Waals surface area contributed by atoms with Crippen LogP contribution in [-0.2, 0) is 9.53 Å². The zero-order valence-corrected chi connectivity index (χ0v) is 15.1. The van der Waals surface area contributed by atoms with Gasteiger partial charge in [0.05, 0.1) is 5.02 Å². The number of rotatable bonds is 5. The smallest absolute Gasteiger partial charge is 0.325 e. The first-order valence-corrected chi connectivity index (χ1v) is 8.37. The number of hydrogen-bond acceptors (Lipinski definition) is 5. The van der Waals surface area contributed by atoms with E-state index in [1.165, 1.54) is 13.3 Å². The van der Waals surface area contributed by atoms with Crippen LogP contribution in [0.5, 0.6) is 11.6 Å². The summed E-state index contributed by atoms with van der Waals surface area (Å²) in [6.45, 7) is 1.84. The van der Waals surface area contributed by atoms with E-state index >= 15 is 0 Å². The molecule has 2 aromatic rings. The van der Waals surface area contributed by atoms with Crippen LogP contribution in [0.3, 0.4) is 0 Å². The van der Waals surface area contributed by atoms with Gasteiger partial charge in [0.25, 0.3) is 5.91 Å². The molecule has 1 saturated carbocycles. The number of pyridine rings is 1. The third-order valence-corrected chi connectivity index (χ3v) is 4.31. The first-order valence-electron chi connectivity index (χ1n) is 7.99. The molecule has 0 aliphatic heterocycles. The van der Waals surface area contributed by atoms with Crippen LogP contribution in [0, 0.1) is 6.92 Å². The molecular weight excluding hydrogens is 358 g/mol. The van der Waals surface area contributed by atoms with Crippen molar-refractivity contribution < 1.29 is 19.1 Å². The fraction of sp³-hybridized carbons (Fsp3) is 0.278. The molecule has 136 valence electrons. The molecule has 8 heteroatoms. The number of imide groups is 1. The third-order valence-electron chi connectivity index (χ3n) is 4.08. The summed E-state index contributed by atoms with van der Waals surface area (Å²) in [7, 11) is 1.46. The van der Waals surface area contributed by atoms with Crippen molar-refractivity contribution in [1.82, 2.24) is 10.3 Å². The lowest BCUT2D eigenvalue weighted by Crippen LogP contribution is -2.43. The summed E-state index contributed by atoms with van der Waals surface area (Å²) >= 11 is 5.80. The molecular formula is C18H18ClN3O4. The van der Waals surface area contributed by atoms with E-state index in [9.17, 15) is 9.59 Å². The molecule has 0 saturated heterocycles. The summed E-state index contributed by atoms with van der Waals surface area (Å²) in [5.74, 6) is 0.581. The van der Waals surface area contributed by atoms with Crippen molar-refractivity contribution in [3.8, 4) is 11.6 Å². The minimum absolute atomic E-state index is 0.413. The molecule has 0 unspecified atom stereocenters. The van der Waals surface area contributed by atoms with Crippen molar-refractivity contribution in [3.63, 3.8) is 0 Å². The first kappa shape index (κ1) is 18.2. The Kier molecular flexibility index (Phi) is 5.11. The van der Waals surface area contributed by atoms with Gasteiger partial charge in [0, 0.05) is 25.1 Å². The Morgan fingerprint density at radius 2 is 2.00 bits per heavy atom. The number of aryl methyl sites for hydroxylation is 1. The van der Waals surface area contributed by atoms with Crippen molar-refractivity contribution in [3.05, 3.63) is 47.1 Å². The number of anilines is 1. The van der Waals surface area contributed by atoms with E-state index in [0.29, 0.717) is 35.2 Å². The van der Waals surface area contributed by atoms with Crippen LogP contribution >= 0.6 is 11.6 Å². The number of carbonyl (C=O) groups excluding carboxylic acids is 2. The lowest BCUT2D eigenvalue weighted by Gasteiger charge is -2.14. The number of aromatic nitrogens is 1. The molecule has 26 heavy (non-hydrogen) atoms. The van der Waals surface area contributed by atoms with Gasteiger partial charge in [-0.2, -0.15) is 0 Å². The second-order valence-corrected chi connectivity index (χ2v) is 6.44. The number of nitrogens with zero attached hydrogens (tertiary/aromatic N) is 1. The average molecular weight is 376 g/mol. The molecule has 0 radical (unpaired) electrons. The Balaban J connectivity index is 1.61. The van der Waals surface area contributed by atoms with Crippen molar-refractivity contribution in [2.75, 3.05) is 12.4 Å². The van der Waals surface area contributed by atoms with Gasteiger partial charge >= 0.3 is 6.03 Å². The summed E-state index contributed by atoms with van der Waals surface area (Å²) in [6.07, 6.45) is 2.73. The fourth-order valence-electron chi connectivity index (χ4n) is 2.39. The number of amides is 3. The van der Waals surface area contributed by atoms with Crippen LogP contribution in [0.15, 0.2) is 36.5 Å². The predicted molar refractivity (Wildman–Crippen MR) is 96.6 cm³/mol. The molecule has 0 atom stereocenters. The van der Waals surface area contributed by atoms with Crippen LogP contribution in [0.4, 0.5) is 10.5 Å². The van der Waals surface area contributed by atoms with E-state index in [1.54, 1.807) is 30.3 Å². The van der Waals surface area contributed by atoms with Crippen molar-refractivity contribution in [2.45, 2.75) is 25.4 Å². The van der Waals surface area contributed by atoms with E-state index < -0.39 is 17.5 Å². The Labute approximate surface area is 155 Å². The zero-order valence-electron chi connectivity index (χ0n) is 14.3. The summed E-state index contributed by atoms with van der Waals surface area (Å²) in [4.78, 5) is 28.0. The number of urea groups is 1. The van der Waals surface area contributed by atoms with Gasteiger partial charge < -0.3 is 14.8 Å². The van der Waals surface area contributed by atoms with Gasteiger partial charge in [-0.1, -0.05) is 11.6 Å². The number of ether oxygens (including phenoxy) is 2. The lowest BCUT2D eigenvalue weighted by atomic mass is 10.2. The van der Waals surface area contributed by atoms with Crippen molar-refractivity contribution in [1.29, 1.82) is 0 Å². The van der Waals surface area contributed by atoms with Gasteiger partial charge in [-0.15, -0.1) is 0 Å². The molecule has 1 aromatic carbocycles. The third kappa shape index (κ3) is 4.12. The van der Waals surface area contributed by atoms with E-state index in [-0.39, 0.29) is 0 Å². The molecule has 3 rings (SSSR count). The summed E-state index contributed by atoms with van der Waals surface area (Å²) in [5, 5.41) is 5.44. The largest absolute Gasteiger partial charge is 0.439 e. The van der Waals surface area contributed by atoms with Crippen molar-refractivity contribution >= 4 is 29.2 Å². The topological polar surface area (TPSA) is 89.5 Å². The highest BCUT2D eigenvalue weighted by Gasteiger charge is 2.51. The van der Waals surface area contributed by atoms with E-state index in [2.05, 4.69) is 15.6 Å². The van der Waals surface area contributed by atoms with Gasteiger partial charge in [0.1, 0.15) is 11.4 Å². The molecule has 2 N–H and O–H groups in total. The SMILES string of the molecule is COC1(C(=O)NC(=O)Nc2ccc(Oc3ccc(Cl)cn3)c(C)c2)CC1. The second kappa shape index (κ2) is 7.31. The maximum atomic E-state index is 12.0. The molecule has 0 bridgehead atoms. The van der Waals surface area contributed by atoms with Crippen LogP contribution in [0.1, 0.15) is 18.4 Å². The normalized spacial score (nSPS) is 14.4. The summed E-state index contributed by atoms with van der Waals surface area (Å²) in [6, 6.07) is 7.86. The molecule has 0 spiro atoms. The van der Waals surface area contributed by atoms with Crippen LogP contribution in [0.2, 0.25) is 5.02 Å². The maximum absolute atomic E-state index is 12.0. The molecule has 7 nitrogen and oxygen atoms in total. The molecule has 1 aromatic heterocycles. The van der Waals surface area contributed by atoms with Gasteiger partial charge in [0.15, 0.2) is 0 Å². The van der Waals surface area contributed by atoms with Crippen LogP contribution in [0.25, 0.3) is 0 Å². The standard InChI is InChI=1S/C18H18ClN3O4/c1-11-9-13(21-17(24)22-16(23)18(25-2)7-8-18)4-5-14(11)26-15-6-3-12(19)10-20-15/h3-6,9-10H,7-8H2,1-2H3,(H2,21,22,23,24). The number of halogens is 1. The van der Waals surface area contributed by atoms with E-state index in [4.69, 9.17) is 21.1 Å². The quantitative estimate of drug-likeness (QED) is 0.832. The minimum Gasteiger partial charge on any atom is -0.439 e. The fourth-order valence-corrected chi connectivity index (χ4v) is 2.51. The molecule has 1 fully saturated rings. The van der Waals surface area contributed by atoms with Gasteiger partial charge in [-0.25, -0.2) is 9.78 Å². The van der Waals surface area contributed by atoms with E-state index in [0.717, 1.165) is 5.56 Å². The van der Waals surface area contributed by atoms with Crippen molar-refractivity contribution in [2.24, 2.45) is 0 Å². The molecule has 1 aliphatic carbocycles. The monoisotopic (exact) mass is 375 g/mol. The number of benzene rings is 1. The highest BCUT2D eigenvalue weighted by molar-refractivity contribution is 6.30. The number of nitrogens with one attached hydrogen (secondary N) is 2. The maximum Gasteiger partial charge on any atom is 0.325 e. The first-order chi connectivity index (χ1) is 12.4. The van der Waals surface area contributed by atoms with E-state index in [1.807, 2.05) is 6.92 Å². The number of methoxy groups -OCH3 is 1. The highest BCUT2D eigenvalue weighted by atomic mass is 35.5. The van der Waals surface area contributed by atoms with Gasteiger partial charge in [-0.05, 0) is 49.6 Å². The van der Waals surface area contributed by atoms with Crippen LogP contribution < -0.4 is 15.4 Å². The Hall–Kier alpha value is -2.64. The Bertz CT molecular complexity index is 835. The second-order valence-electron chi connectivity index (χ2n) is 6.00. The summed E-state index contributed by atoms with van der Waals surface area (Å²) < 4.78 is 10.8. The Morgan fingerprint density at radius 3 is 2.58 bits per heavy atom. The molecule has 1 aliphatic rings. The number of hydrogen-bond donors (Lipinski definition) is 2. The number of carbonyl (C=O) groups is 2.